The van der Waals surface area contributed by atoms with Crippen LogP contribution in [-0.2, 0) is 4.79 Å². The van der Waals surface area contributed by atoms with Crippen molar-refractivity contribution in [1.29, 1.82) is 5.26 Å². The summed E-state index contributed by atoms with van der Waals surface area (Å²) in [6.07, 6.45) is -0.464. The van der Waals surface area contributed by atoms with Gasteiger partial charge in [-0.3, -0.25) is 4.79 Å². The average Bonchev–Trinajstić information content (AvgIpc) is 2.42. The number of benzene rings is 1. The smallest absolute Gasteiger partial charge is 0.248 e. The van der Waals surface area contributed by atoms with E-state index in [0.29, 0.717) is 0 Å². The van der Waals surface area contributed by atoms with Crippen molar-refractivity contribution >= 4 is 29.0 Å². The number of carbonyl (C=O) groups is 1. The highest BCUT2D eigenvalue weighted by molar-refractivity contribution is 6.36. The van der Waals surface area contributed by atoms with Crippen molar-refractivity contribution < 1.29 is 13.6 Å². The molecule has 21 heavy (non-hydrogen) atoms. The van der Waals surface area contributed by atoms with Gasteiger partial charge >= 0.3 is 0 Å². The Morgan fingerprint density at radius 3 is 2.29 bits per heavy atom. The van der Waals surface area contributed by atoms with Gasteiger partial charge in [0, 0.05) is 34.4 Å². The van der Waals surface area contributed by atoms with Crippen molar-refractivity contribution in [1.82, 2.24) is 0 Å². The molecule has 1 aliphatic rings. The molecule has 1 aromatic rings. The normalized spacial score (nSPS) is 19.8. The molecule has 1 aliphatic carbocycles. The fraction of sp³-hybridized carbons (Fsp3) is 0.467. The molecule has 1 fully saturated rings. The molecule has 0 bridgehead atoms. The molecule has 2 rings (SSSR count). The largest absolute Gasteiger partial charge is 0.298 e. The number of hydrogen-bond acceptors (Lipinski definition) is 2. The minimum Gasteiger partial charge on any atom is -0.298 e. The van der Waals surface area contributed by atoms with Gasteiger partial charge in [0.15, 0.2) is 5.78 Å². The first kappa shape index (κ1) is 16.2. The molecule has 1 saturated carbocycles. The number of Topliss-reactive ketones (excluding diaryl/α,β-unsaturated/α-hetero) is 1. The Balaban J connectivity index is 2.23. The molecule has 0 amide bonds. The van der Waals surface area contributed by atoms with Crippen LogP contribution in [0.3, 0.4) is 0 Å². The fourth-order valence-electron chi connectivity index (χ4n) is 2.62. The first-order chi connectivity index (χ1) is 9.85. The molecule has 1 unspecified atom stereocenters. The third-order valence-corrected chi connectivity index (χ3v) is 4.48. The number of halogens is 4. The summed E-state index contributed by atoms with van der Waals surface area (Å²) in [5.74, 6) is -4.73. The number of carbonyl (C=O) groups excluding carboxylic acids is 1. The van der Waals surface area contributed by atoms with Gasteiger partial charge < -0.3 is 0 Å². The van der Waals surface area contributed by atoms with E-state index in [1.807, 2.05) is 6.07 Å². The van der Waals surface area contributed by atoms with Gasteiger partial charge in [-0.1, -0.05) is 29.3 Å². The number of rotatable bonds is 3. The van der Waals surface area contributed by atoms with E-state index in [-0.39, 0.29) is 47.1 Å². The third kappa shape index (κ3) is 3.53. The predicted octanol–water partition coefficient (Wildman–Crippen LogP) is 5.00. The maximum absolute atomic E-state index is 13.2. The first-order valence-corrected chi connectivity index (χ1v) is 7.36. The van der Waals surface area contributed by atoms with Gasteiger partial charge in [0.25, 0.3) is 0 Å². The lowest BCUT2D eigenvalue weighted by molar-refractivity contribution is -0.127. The Morgan fingerprint density at radius 1 is 1.29 bits per heavy atom. The SMILES string of the molecule is N#CC(C(=O)C1CCC(F)(F)CC1)c1c(Cl)cccc1Cl. The van der Waals surface area contributed by atoms with E-state index in [0.717, 1.165) is 0 Å². The molecular weight excluding hydrogens is 319 g/mol. The summed E-state index contributed by atoms with van der Waals surface area (Å²) in [5, 5.41) is 9.77. The van der Waals surface area contributed by atoms with Gasteiger partial charge in [0.2, 0.25) is 5.92 Å². The maximum atomic E-state index is 13.2. The molecule has 0 saturated heterocycles. The zero-order chi connectivity index (χ0) is 15.6. The Morgan fingerprint density at radius 2 is 1.81 bits per heavy atom. The van der Waals surface area contributed by atoms with E-state index in [1.54, 1.807) is 18.2 Å². The van der Waals surface area contributed by atoms with Crippen LogP contribution >= 0.6 is 23.2 Å². The fourth-order valence-corrected chi connectivity index (χ4v) is 3.23. The molecule has 6 heteroatoms. The lowest BCUT2D eigenvalue weighted by atomic mass is 9.78. The van der Waals surface area contributed by atoms with Crippen molar-refractivity contribution in [2.75, 3.05) is 0 Å². The van der Waals surface area contributed by atoms with Gasteiger partial charge in [-0.25, -0.2) is 8.78 Å². The van der Waals surface area contributed by atoms with Crippen molar-refractivity contribution in [2.24, 2.45) is 5.92 Å². The van der Waals surface area contributed by atoms with Crippen LogP contribution in [-0.4, -0.2) is 11.7 Å². The van der Waals surface area contributed by atoms with E-state index in [1.165, 1.54) is 0 Å². The highest BCUT2D eigenvalue weighted by Gasteiger charge is 2.40. The molecule has 112 valence electrons. The Bertz CT molecular complexity index is 568. The van der Waals surface area contributed by atoms with E-state index in [9.17, 15) is 18.8 Å². The molecule has 0 N–H and O–H groups in total. The highest BCUT2D eigenvalue weighted by atomic mass is 35.5. The van der Waals surface area contributed by atoms with Crippen LogP contribution in [0.5, 0.6) is 0 Å². The second-order valence-corrected chi connectivity index (χ2v) is 6.04. The molecule has 2 nitrogen and oxygen atoms in total. The van der Waals surface area contributed by atoms with E-state index in [4.69, 9.17) is 23.2 Å². The van der Waals surface area contributed by atoms with E-state index >= 15 is 0 Å². The topological polar surface area (TPSA) is 40.9 Å². The van der Waals surface area contributed by atoms with Crippen LogP contribution < -0.4 is 0 Å². The van der Waals surface area contributed by atoms with Gasteiger partial charge in [-0.15, -0.1) is 0 Å². The lowest BCUT2D eigenvalue weighted by Crippen LogP contribution is -2.31. The summed E-state index contributed by atoms with van der Waals surface area (Å²) in [4.78, 5) is 12.5. The monoisotopic (exact) mass is 331 g/mol. The van der Waals surface area contributed by atoms with Crippen LogP contribution in [0, 0.1) is 17.2 Å². The van der Waals surface area contributed by atoms with Gasteiger partial charge in [-0.2, -0.15) is 5.26 Å². The molecule has 0 spiro atoms. The first-order valence-electron chi connectivity index (χ1n) is 6.61. The summed E-state index contributed by atoms with van der Waals surface area (Å²) in [6, 6.07) is 6.63. The lowest BCUT2D eigenvalue weighted by Gasteiger charge is -2.28. The second kappa shape index (κ2) is 6.29. The number of ketones is 1. The quantitative estimate of drug-likeness (QED) is 0.782. The molecular formula is C15H13Cl2F2NO. The molecule has 1 atom stereocenters. The van der Waals surface area contributed by atoms with Gasteiger partial charge in [-0.05, 0) is 25.0 Å². The van der Waals surface area contributed by atoms with Crippen LogP contribution in [0.1, 0.15) is 37.2 Å². The van der Waals surface area contributed by atoms with Gasteiger partial charge in [0.1, 0.15) is 5.92 Å². The van der Waals surface area contributed by atoms with Gasteiger partial charge in [0.05, 0.1) is 6.07 Å². The zero-order valence-corrected chi connectivity index (χ0v) is 12.6. The standard InChI is InChI=1S/C15H13Cl2F2NO/c16-11-2-1-3-12(17)13(11)10(8-20)14(21)9-4-6-15(18,19)7-5-9/h1-3,9-10H,4-7H2. The molecule has 0 aromatic heterocycles. The van der Waals surface area contributed by atoms with E-state index in [2.05, 4.69) is 0 Å². The van der Waals surface area contributed by atoms with Crippen molar-refractivity contribution in [3.05, 3.63) is 33.8 Å². The van der Waals surface area contributed by atoms with Crippen LogP contribution in [0.15, 0.2) is 18.2 Å². The molecule has 0 aliphatic heterocycles. The Hall–Kier alpha value is -1.18. The zero-order valence-electron chi connectivity index (χ0n) is 11.1. The third-order valence-electron chi connectivity index (χ3n) is 3.82. The van der Waals surface area contributed by atoms with Crippen LogP contribution in [0.4, 0.5) is 8.78 Å². The minimum absolute atomic E-state index is 0.0894. The predicted molar refractivity (Wildman–Crippen MR) is 76.7 cm³/mol. The van der Waals surface area contributed by atoms with Crippen molar-refractivity contribution in [2.45, 2.75) is 37.5 Å². The molecule has 0 heterocycles. The minimum atomic E-state index is -2.71. The summed E-state index contributed by atoms with van der Waals surface area (Å²) in [7, 11) is 0. The van der Waals surface area contributed by atoms with Crippen LogP contribution in [0.2, 0.25) is 10.0 Å². The van der Waals surface area contributed by atoms with E-state index < -0.39 is 17.8 Å². The Labute approximate surface area is 131 Å². The summed E-state index contributed by atoms with van der Waals surface area (Å²) in [6.45, 7) is 0. The summed E-state index contributed by atoms with van der Waals surface area (Å²) >= 11 is 12.0. The molecule has 0 radical (unpaired) electrons. The number of nitrogens with zero attached hydrogens (tertiary/aromatic N) is 1. The highest BCUT2D eigenvalue weighted by Crippen LogP contribution is 2.40. The number of hydrogen-bond donors (Lipinski definition) is 0. The Kier molecular flexibility index (Phi) is 4.85. The molecule has 1 aromatic carbocycles. The van der Waals surface area contributed by atoms with Crippen LogP contribution in [0.25, 0.3) is 0 Å². The number of alkyl halides is 2. The average molecular weight is 332 g/mol. The number of nitriles is 1. The maximum Gasteiger partial charge on any atom is 0.248 e. The second-order valence-electron chi connectivity index (χ2n) is 5.23. The van der Waals surface area contributed by atoms with Crippen molar-refractivity contribution in [3.8, 4) is 6.07 Å². The summed E-state index contributed by atoms with van der Waals surface area (Å²) in [5.41, 5.74) is 0.269. The van der Waals surface area contributed by atoms with Crippen molar-refractivity contribution in [3.63, 3.8) is 0 Å². The summed E-state index contributed by atoms with van der Waals surface area (Å²) < 4.78 is 26.3.